The number of hydrogen-bond acceptors (Lipinski definition) is 5. The predicted octanol–water partition coefficient (Wildman–Crippen LogP) is 5.05. The number of nitrogens with zero attached hydrogens (tertiary/aromatic N) is 1. The van der Waals surface area contributed by atoms with Gasteiger partial charge in [-0.25, -0.2) is 4.79 Å². The van der Waals surface area contributed by atoms with Crippen LogP contribution in [0.15, 0.2) is 72.8 Å². The maximum absolute atomic E-state index is 11.1. The summed E-state index contributed by atoms with van der Waals surface area (Å²) in [4.78, 5) is 11.1. The molecule has 3 aromatic rings. The van der Waals surface area contributed by atoms with E-state index < -0.39 is 12.1 Å². The quantitative estimate of drug-likeness (QED) is 0.341. The van der Waals surface area contributed by atoms with E-state index in [1.54, 1.807) is 30.3 Å². The zero-order chi connectivity index (χ0) is 25.3. The summed E-state index contributed by atoms with van der Waals surface area (Å²) >= 11 is 0. The molecule has 3 N–H and O–H groups in total. The van der Waals surface area contributed by atoms with Crippen LogP contribution >= 0.6 is 0 Å². The third kappa shape index (κ3) is 7.96. The molecule has 0 fully saturated rings. The number of aryl methyl sites for hydroxylation is 1. The molecule has 1 unspecified atom stereocenters. The smallest absolute Gasteiger partial charge is 0.335 e. The minimum absolute atomic E-state index is 0.0448. The number of benzene rings is 3. The van der Waals surface area contributed by atoms with Gasteiger partial charge in [-0.2, -0.15) is 5.26 Å². The third-order valence-corrected chi connectivity index (χ3v) is 5.92. The van der Waals surface area contributed by atoms with Crippen LogP contribution in [0.25, 0.3) is 11.1 Å². The van der Waals surface area contributed by atoms with Crippen LogP contribution in [-0.4, -0.2) is 41.0 Å². The van der Waals surface area contributed by atoms with E-state index in [4.69, 9.17) is 9.84 Å². The van der Waals surface area contributed by atoms with Crippen LogP contribution in [0.3, 0.4) is 0 Å². The van der Waals surface area contributed by atoms with Crippen molar-refractivity contribution >= 4 is 5.97 Å². The van der Waals surface area contributed by atoms with Crippen LogP contribution in [0.2, 0.25) is 0 Å². The van der Waals surface area contributed by atoms with E-state index in [1.807, 2.05) is 6.07 Å². The Morgan fingerprint density at radius 2 is 1.74 bits per heavy atom. The lowest BCUT2D eigenvalue weighted by molar-refractivity contribution is 0.0697. The Morgan fingerprint density at radius 1 is 1.06 bits per heavy atom. The van der Waals surface area contributed by atoms with Gasteiger partial charge in [-0.05, 0) is 74.1 Å². The van der Waals surface area contributed by atoms with Crippen molar-refractivity contribution in [1.82, 2.24) is 5.32 Å². The molecule has 0 aromatic heterocycles. The second kappa shape index (κ2) is 12.2. The topological polar surface area (TPSA) is 103 Å². The summed E-state index contributed by atoms with van der Waals surface area (Å²) in [6.45, 7) is 4.66. The van der Waals surface area contributed by atoms with Gasteiger partial charge in [-0.15, -0.1) is 0 Å². The highest BCUT2D eigenvalue weighted by molar-refractivity contribution is 5.88. The first-order valence-electron chi connectivity index (χ1n) is 11.7. The Labute approximate surface area is 206 Å². The predicted molar refractivity (Wildman–Crippen MR) is 137 cm³/mol. The number of rotatable bonds is 12. The van der Waals surface area contributed by atoms with Gasteiger partial charge in [0.25, 0.3) is 0 Å². The molecule has 1 atom stereocenters. The van der Waals surface area contributed by atoms with Crippen molar-refractivity contribution in [3.63, 3.8) is 0 Å². The van der Waals surface area contributed by atoms with Crippen LogP contribution in [0, 0.1) is 11.3 Å². The standard InChI is InChI=1S/C29H32N2O4/c1-29(2,16-6-9-21-7-4-3-5-8-21)31-19-26(32)20-35-27-17-24(14-15-25(27)18-30)22-10-12-23(13-11-22)28(33)34/h3-5,7-8,10-15,17,26,31-32H,6,9,16,19-20H2,1-2H3,(H,33,34). The van der Waals surface area contributed by atoms with E-state index in [1.165, 1.54) is 17.7 Å². The molecule has 0 aliphatic heterocycles. The number of carboxylic acid groups (broad SMARTS) is 1. The van der Waals surface area contributed by atoms with Gasteiger partial charge in [0.2, 0.25) is 0 Å². The van der Waals surface area contributed by atoms with Gasteiger partial charge in [0.15, 0.2) is 0 Å². The normalized spacial score (nSPS) is 12.1. The van der Waals surface area contributed by atoms with Crippen molar-refractivity contribution < 1.29 is 19.7 Å². The van der Waals surface area contributed by atoms with Crippen LogP contribution in [-0.2, 0) is 6.42 Å². The summed E-state index contributed by atoms with van der Waals surface area (Å²) in [6.07, 6.45) is 2.29. The number of ether oxygens (including phenoxy) is 1. The van der Waals surface area contributed by atoms with Crippen molar-refractivity contribution in [1.29, 1.82) is 5.26 Å². The number of aliphatic hydroxyl groups is 1. The van der Waals surface area contributed by atoms with Crippen molar-refractivity contribution in [2.24, 2.45) is 0 Å². The zero-order valence-corrected chi connectivity index (χ0v) is 20.2. The summed E-state index contributed by atoms with van der Waals surface area (Å²) in [5.74, 6) is -0.601. The molecule has 0 amide bonds. The minimum atomic E-state index is -0.984. The van der Waals surface area contributed by atoms with Crippen LogP contribution in [0.5, 0.6) is 5.75 Å². The molecule has 0 saturated heterocycles. The number of carboxylic acids is 1. The molecule has 0 radical (unpaired) electrons. The Kier molecular flexibility index (Phi) is 9.02. The van der Waals surface area contributed by atoms with Crippen molar-refractivity contribution in [2.45, 2.75) is 44.8 Å². The third-order valence-electron chi connectivity index (χ3n) is 5.92. The molecule has 6 heteroatoms. The van der Waals surface area contributed by atoms with E-state index in [0.29, 0.717) is 17.9 Å². The van der Waals surface area contributed by atoms with E-state index in [-0.39, 0.29) is 17.7 Å². The SMILES string of the molecule is CC(C)(CCCc1ccccc1)NCC(O)COc1cc(-c2ccc(C(=O)O)cc2)ccc1C#N. The van der Waals surface area contributed by atoms with E-state index in [9.17, 15) is 15.2 Å². The molecular weight excluding hydrogens is 440 g/mol. The maximum Gasteiger partial charge on any atom is 0.335 e. The number of nitrogens with one attached hydrogen (secondary N) is 1. The number of nitriles is 1. The first kappa shape index (κ1) is 26.0. The van der Waals surface area contributed by atoms with E-state index in [0.717, 1.165) is 30.4 Å². The van der Waals surface area contributed by atoms with Crippen LogP contribution in [0.1, 0.15) is 48.2 Å². The summed E-state index contributed by atoms with van der Waals surface area (Å²) in [5.41, 5.74) is 3.38. The number of aliphatic hydroxyl groups excluding tert-OH is 1. The average Bonchev–Trinajstić information content (AvgIpc) is 2.86. The summed E-state index contributed by atoms with van der Waals surface area (Å²) < 4.78 is 5.81. The van der Waals surface area contributed by atoms with Crippen molar-refractivity contribution in [3.8, 4) is 22.9 Å². The molecule has 0 heterocycles. The van der Waals surface area contributed by atoms with Crippen LogP contribution in [0.4, 0.5) is 0 Å². The lowest BCUT2D eigenvalue weighted by Gasteiger charge is -2.28. The fourth-order valence-corrected chi connectivity index (χ4v) is 3.83. The Hall–Kier alpha value is -3.66. The van der Waals surface area contributed by atoms with Gasteiger partial charge in [0, 0.05) is 12.1 Å². The molecule has 3 rings (SSSR count). The van der Waals surface area contributed by atoms with Gasteiger partial charge >= 0.3 is 5.97 Å². The monoisotopic (exact) mass is 472 g/mol. The van der Waals surface area contributed by atoms with Gasteiger partial charge in [-0.1, -0.05) is 48.5 Å². The number of β-amino-alcohol motifs (C(OH)–C–C–N with tert-alkyl or cyclic N) is 1. The van der Waals surface area contributed by atoms with Gasteiger partial charge in [0.1, 0.15) is 24.5 Å². The molecule has 6 nitrogen and oxygen atoms in total. The Bertz CT molecular complexity index is 1150. The molecule has 182 valence electrons. The largest absolute Gasteiger partial charge is 0.489 e. The van der Waals surface area contributed by atoms with Crippen LogP contribution < -0.4 is 10.1 Å². The Balaban J connectivity index is 1.52. The molecule has 0 bridgehead atoms. The second-order valence-corrected chi connectivity index (χ2v) is 9.27. The summed E-state index contributed by atoms with van der Waals surface area (Å²) in [5, 5.41) is 32.4. The van der Waals surface area contributed by atoms with E-state index >= 15 is 0 Å². The summed E-state index contributed by atoms with van der Waals surface area (Å²) in [7, 11) is 0. The number of hydrogen-bond donors (Lipinski definition) is 3. The first-order chi connectivity index (χ1) is 16.8. The highest BCUT2D eigenvalue weighted by atomic mass is 16.5. The minimum Gasteiger partial charge on any atom is -0.489 e. The molecule has 0 aliphatic carbocycles. The fourth-order valence-electron chi connectivity index (χ4n) is 3.83. The van der Waals surface area contributed by atoms with Crippen molar-refractivity contribution in [3.05, 3.63) is 89.5 Å². The second-order valence-electron chi connectivity index (χ2n) is 9.27. The number of aromatic carboxylic acids is 1. The highest BCUT2D eigenvalue weighted by Crippen LogP contribution is 2.27. The number of carbonyl (C=O) groups is 1. The molecule has 0 aliphatic rings. The molecule has 35 heavy (non-hydrogen) atoms. The lowest BCUT2D eigenvalue weighted by atomic mass is 9.95. The Morgan fingerprint density at radius 3 is 2.40 bits per heavy atom. The molecule has 3 aromatic carbocycles. The first-order valence-corrected chi connectivity index (χ1v) is 11.7. The molecular formula is C29H32N2O4. The summed E-state index contributed by atoms with van der Waals surface area (Å²) in [6, 6.07) is 24.2. The van der Waals surface area contributed by atoms with Gasteiger partial charge in [-0.3, -0.25) is 0 Å². The van der Waals surface area contributed by atoms with E-state index in [2.05, 4.69) is 49.5 Å². The van der Waals surface area contributed by atoms with Crippen molar-refractivity contribution in [2.75, 3.05) is 13.2 Å². The maximum atomic E-state index is 11.1. The highest BCUT2D eigenvalue weighted by Gasteiger charge is 2.19. The molecule has 0 saturated carbocycles. The lowest BCUT2D eigenvalue weighted by Crippen LogP contribution is -2.44. The fraction of sp³-hybridized carbons (Fsp3) is 0.310. The van der Waals surface area contributed by atoms with Gasteiger partial charge < -0.3 is 20.3 Å². The average molecular weight is 473 g/mol. The van der Waals surface area contributed by atoms with Gasteiger partial charge in [0.05, 0.1) is 11.1 Å². The molecule has 0 spiro atoms. The zero-order valence-electron chi connectivity index (χ0n) is 20.2.